The topological polar surface area (TPSA) is 102 Å². The fourth-order valence-corrected chi connectivity index (χ4v) is 3.28. The summed E-state index contributed by atoms with van der Waals surface area (Å²) in [6.45, 7) is 0.305. The third-order valence-electron chi connectivity index (χ3n) is 4.55. The summed E-state index contributed by atoms with van der Waals surface area (Å²) in [7, 11) is 0. The van der Waals surface area contributed by atoms with Gasteiger partial charge in [-0.3, -0.25) is 9.36 Å². The fraction of sp³-hybridized carbons (Fsp3) is 0.150. The van der Waals surface area contributed by atoms with E-state index in [2.05, 4.69) is 20.3 Å². The molecule has 1 atom stereocenters. The first-order valence-corrected chi connectivity index (χ1v) is 9.21. The lowest BCUT2D eigenvalue weighted by molar-refractivity contribution is -0.122. The van der Waals surface area contributed by atoms with Crippen LogP contribution in [0.25, 0.3) is 16.7 Å². The molecule has 0 aliphatic carbocycles. The first kappa shape index (κ1) is 18.2. The van der Waals surface area contributed by atoms with Crippen LogP contribution in [-0.4, -0.2) is 31.5 Å². The van der Waals surface area contributed by atoms with Gasteiger partial charge in [-0.1, -0.05) is 29.8 Å². The van der Waals surface area contributed by atoms with Gasteiger partial charge in [-0.15, -0.1) is 0 Å². The molecule has 0 saturated carbocycles. The summed E-state index contributed by atoms with van der Waals surface area (Å²) in [6, 6.07) is 12.9. The van der Waals surface area contributed by atoms with E-state index >= 15 is 0 Å². The summed E-state index contributed by atoms with van der Waals surface area (Å²) in [4.78, 5) is 23.5. The number of carbonyl (C=O) groups is 1. The molecule has 4 N–H and O–H groups in total. The maximum Gasteiger partial charge on any atom is 0.237 e. The molecule has 4 rings (SSSR count). The van der Waals surface area contributed by atoms with Crippen LogP contribution in [0.5, 0.6) is 0 Å². The van der Waals surface area contributed by atoms with E-state index in [0.29, 0.717) is 18.0 Å². The number of hydrogen-bond donors (Lipinski definition) is 3. The number of aromatic nitrogens is 4. The minimum absolute atomic E-state index is 0.240. The van der Waals surface area contributed by atoms with Crippen LogP contribution < -0.4 is 11.1 Å². The van der Waals surface area contributed by atoms with Gasteiger partial charge in [-0.05, 0) is 29.8 Å². The van der Waals surface area contributed by atoms with Crippen molar-refractivity contribution in [3.63, 3.8) is 0 Å². The molecule has 0 fully saturated rings. The number of benzene rings is 2. The molecule has 2 aromatic carbocycles. The number of aromatic amines is 1. The summed E-state index contributed by atoms with van der Waals surface area (Å²) in [5, 5.41) is 3.40. The standard InChI is InChI=1S/C20H19ClN6O/c21-16-8-15(27-12-26-18-3-1-2-4-19(18)27)6-5-13(16)9-24-20(28)17(22)7-14-10-23-11-25-14/h1-6,8,10-12,17H,7,9,22H2,(H,23,25)(H,24,28)/t17-/m0/s1. The van der Waals surface area contributed by atoms with Gasteiger partial charge >= 0.3 is 0 Å². The van der Waals surface area contributed by atoms with Crippen molar-refractivity contribution in [1.82, 2.24) is 24.8 Å². The number of halogens is 1. The highest BCUT2D eigenvalue weighted by molar-refractivity contribution is 6.31. The molecule has 2 heterocycles. The number of rotatable bonds is 6. The molecule has 1 amide bonds. The molecule has 28 heavy (non-hydrogen) atoms. The smallest absolute Gasteiger partial charge is 0.237 e. The highest BCUT2D eigenvalue weighted by Crippen LogP contribution is 2.23. The Morgan fingerprint density at radius 1 is 1.29 bits per heavy atom. The number of carbonyl (C=O) groups excluding carboxylic acids is 1. The number of amides is 1. The normalized spacial score (nSPS) is 12.2. The van der Waals surface area contributed by atoms with E-state index in [1.807, 2.05) is 47.0 Å². The second-order valence-corrected chi connectivity index (χ2v) is 6.89. The number of H-pyrrole nitrogens is 1. The van der Waals surface area contributed by atoms with Gasteiger partial charge in [-0.25, -0.2) is 9.97 Å². The number of fused-ring (bicyclic) bond motifs is 1. The van der Waals surface area contributed by atoms with Crippen molar-refractivity contribution < 1.29 is 4.79 Å². The molecule has 0 aliphatic rings. The van der Waals surface area contributed by atoms with E-state index in [9.17, 15) is 4.79 Å². The SMILES string of the molecule is N[C@@H](Cc1cnc[nH]1)C(=O)NCc1ccc(-n2cnc3ccccc32)cc1Cl. The van der Waals surface area contributed by atoms with E-state index < -0.39 is 6.04 Å². The average molecular weight is 395 g/mol. The molecule has 142 valence electrons. The van der Waals surface area contributed by atoms with Crippen LogP contribution in [0, 0.1) is 0 Å². The Labute approximate surface area is 166 Å². The minimum Gasteiger partial charge on any atom is -0.351 e. The van der Waals surface area contributed by atoms with Gasteiger partial charge in [0, 0.05) is 35.6 Å². The number of nitrogens with one attached hydrogen (secondary N) is 2. The molecule has 0 bridgehead atoms. The summed E-state index contributed by atoms with van der Waals surface area (Å²) >= 11 is 6.45. The number of para-hydroxylation sites is 2. The maximum absolute atomic E-state index is 12.2. The van der Waals surface area contributed by atoms with Crippen molar-refractivity contribution in [2.24, 2.45) is 5.73 Å². The third kappa shape index (κ3) is 3.76. The lowest BCUT2D eigenvalue weighted by atomic mass is 10.1. The average Bonchev–Trinajstić information content (AvgIpc) is 3.36. The molecule has 7 nitrogen and oxygen atoms in total. The zero-order valence-corrected chi connectivity index (χ0v) is 15.7. The molecule has 4 aromatic rings. The molecule has 0 spiro atoms. The zero-order valence-electron chi connectivity index (χ0n) is 15.0. The molecular weight excluding hydrogens is 376 g/mol. The number of nitrogens with zero attached hydrogens (tertiary/aromatic N) is 3. The maximum atomic E-state index is 12.2. The molecule has 2 aromatic heterocycles. The first-order valence-electron chi connectivity index (χ1n) is 8.83. The van der Waals surface area contributed by atoms with E-state index in [1.165, 1.54) is 0 Å². The van der Waals surface area contributed by atoms with E-state index in [-0.39, 0.29) is 5.91 Å². The first-order chi connectivity index (χ1) is 13.6. The van der Waals surface area contributed by atoms with Gasteiger partial charge in [-0.2, -0.15) is 0 Å². The monoisotopic (exact) mass is 394 g/mol. The van der Waals surface area contributed by atoms with Crippen LogP contribution in [0.2, 0.25) is 5.02 Å². The molecule has 8 heteroatoms. The van der Waals surface area contributed by atoms with Crippen LogP contribution in [0.1, 0.15) is 11.3 Å². The second kappa shape index (κ2) is 7.84. The third-order valence-corrected chi connectivity index (χ3v) is 4.90. The van der Waals surface area contributed by atoms with Gasteiger partial charge in [0.05, 0.1) is 23.4 Å². The Hall–Kier alpha value is -3.16. The highest BCUT2D eigenvalue weighted by Gasteiger charge is 2.15. The lowest BCUT2D eigenvalue weighted by Gasteiger charge is -2.13. The molecule has 0 saturated heterocycles. The lowest BCUT2D eigenvalue weighted by Crippen LogP contribution is -2.41. The molecule has 0 unspecified atom stereocenters. The van der Waals surface area contributed by atoms with Gasteiger partial charge in [0.1, 0.15) is 6.33 Å². The van der Waals surface area contributed by atoms with Crippen LogP contribution in [0.4, 0.5) is 0 Å². The summed E-state index contributed by atoms with van der Waals surface area (Å²) < 4.78 is 1.98. The minimum atomic E-state index is -0.657. The fourth-order valence-electron chi connectivity index (χ4n) is 3.03. The van der Waals surface area contributed by atoms with Crippen molar-refractivity contribution in [2.75, 3.05) is 0 Å². The van der Waals surface area contributed by atoms with E-state index in [1.54, 1.807) is 18.9 Å². The predicted molar refractivity (Wildman–Crippen MR) is 108 cm³/mol. The van der Waals surface area contributed by atoms with Crippen molar-refractivity contribution >= 4 is 28.5 Å². The Morgan fingerprint density at radius 3 is 2.93 bits per heavy atom. The number of imidazole rings is 2. The van der Waals surface area contributed by atoms with Crippen LogP contribution in [0.15, 0.2) is 61.3 Å². The van der Waals surface area contributed by atoms with Crippen molar-refractivity contribution in [2.45, 2.75) is 19.0 Å². The van der Waals surface area contributed by atoms with E-state index in [0.717, 1.165) is 28.0 Å². The molecular formula is C20H19ClN6O. The largest absolute Gasteiger partial charge is 0.351 e. The van der Waals surface area contributed by atoms with Gasteiger partial charge in [0.15, 0.2) is 0 Å². The van der Waals surface area contributed by atoms with Crippen LogP contribution >= 0.6 is 11.6 Å². The molecule has 0 radical (unpaired) electrons. The number of hydrogen-bond acceptors (Lipinski definition) is 4. The summed E-state index contributed by atoms with van der Waals surface area (Å²) in [5.41, 5.74) is 10.4. The number of nitrogens with two attached hydrogens (primary N) is 1. The summed E-state index contributed by atoms with van der Waals surface area (Å²) in [5.74, 6) is -0.240. The Morgan fingerprint density at radius 2 is 2.14 bits per heavy atom. The Kier molecular flexibility index (Phi) is 5.10. The molecule has 0 aliphatic heterocycles. The zero-order chi connectivity index (χ0) is 19.5. The van der Waals surface area contributed by atoms with Crippen molar-refractivity contribution in [3.05, 3.63) is 77.6 Å². The quantitative estimate of drug-likeness (QED) is 0.467. The van der Waals surface area contributed by atoms with Gasteiger partial charge in [0.2, 0.25) is 5.91 Å². The highest BCUT2D eigenvalue weighted by atomic mass is 35.5. The van der Waals surface area contributed by atoms with Crippen LogP contribution in [-0.2, 0) is 17.8 Å². The Bertz CT molecular complexity index is 1110. The summed E-state index contributed by atoms with van der Waals surface area (Å²) in [6.07, 6.45) is 5.38. The van der Waals surface area contributed by atoms with Gasteiger partial charge < -0.3 is 16.0 Å². The van der Waals surface area contributed by atoms with Gasteiger partial charge in [0.25, 0.3) is 0 Å². The van der Waals surface area contributed by atoms with Crippen molar-refractivity contribution in [3.8, 4) is 5.69 Å². The Balaban J connectivity index is 1.44. The van der Waals surface area contributed by atoms with Crippen LogP contribution in [0.3, 0.4) is 0 Å². The van der Waals surface area contributed by atoms with E-state index in [4.69, 9.17) is 17.3 Å². The second-order valence-electron chi connectivity index (χ2n) is 6.48. The predicted octanol–water partition coefficient (Wildman–Crippen LogP) is 2.59. The van der Waals surface area contributed by atoms with Crippen molar-refractivity contribution in [1.29, 1.82) is 0 Å².